The number of amides is 1. The molecular weight excluding hydrogens is 440 g/mol. The van der Waals surface area contributed by atoms with Crippen molar-refractivity contribution < 1.29 is 19.4 Å². The quantitative estimate of drug-likeness (QED) is 0.246. The van der Waals surface area contributed by atoms with Crippen LogP contribution in [0.2, 0.25) is 0 Å². The summed E-state index contributed by atoms with van der Waals surface area (Å²) in [6.45, 7) is 3.69. The SMILES string of the molecule is COc1cc(C)c(/C(O)=C2\C(=O)C(=O)N(c3cccc4ccccc34)C2c2cccnc2)cc1C. The van der Waals surface area contributed by atoms with Gasteiger partial charge < -0.3 is 9.84 Å². The average molecular weight is 465 g/mol. The summed E-state index contributed by atoms with van der Waals surface area (Å²) >= 11 is 0. The van der Waals surface area contributed by atoms with Gasteiger partial charge >= 0.3 is 0 Å². The normalized spacial score (nSPS) is 17.2. The van der Waals surface area contributed by atoms with Crippen LogP contribution in [0.15, 0.2) is 84.7 Å². The Morgan fingerprint density at radius 1 is 0.971 bits per heavy atom. The predicted molar refractivity (Wildman–Crippen MR) is 135 cm³/mol. The molecular formula is C29H24N2O4. The highest BCUT2D eigenvalue weighted by molar-refractivity contribution is 6.52. The van der Waals surface area contributed by atoms with E-state index in [1.165, 1.54) is 4.90 Å². The number of hydrogen-bond acceptors (Lipinski definition) is 5. The third kappa shape index (κ3) is 3.64. The van der Waals surface area contributed by atoms with E-state index in [4.69, 9.17) is 4.74 Å². The highest BCUT2D eigenvalue weighted by atomic mass is 16.5. The van der Waals surface area contributed by atoms with Crippen molar-refractivity contribution in [3.05, 3.63) is 107 Å². The van der Waals surface area contributed by atoms with Gasteiger partial charge in [0.1, 0.15) is 11.5 Å². The second-order valence-electron chi connectivity index (χ2n) is 8.59. The smallest absolute Gasteiger partial charge is 0.300 e. The van der Waals surface area contributed by atoms with Crippen molar-refractivity contribution in [2.75, 3.05) is 12.0 Å². The largest absolute Gasteiger partial charge is 0.507 e. The number of Topliss-reactive ketones (excluding diaryl/α,β-unsaturated/α-hetero) is 1. The standard InChI is InChI=1S/C29H24N2O4/c1-17-15-24(35-3)18(2)14-22(17)27(32)25-26(20-10-7-13-30-16-20)31(29(34)28(25)33)23-12-6-9-19-8-4-5-11-21(19)23/h4-16,26,32H,1-3H3/b27-25+. The Bertz CT molecular complexity index is 1500. The van der Waals surface area contributed by atoms with E-state index in [-0.39, 0.29) is 11.3 Å². The van der Waals surface area contributed by atoms with E-state index in [9.17, 15) is 14.7 Å². The number of benzene rings is 3. The van der Waals surface area contributed by atoms with Gasteiger partial charge in [0.25, 0.3) is 11.7 Å². The summed E-state index contributed by atoms with van der Waals surface area (Å²) in [5.41, 5.74) is 3.27. The van der Waals surface area contributed by atoms with Crippen molar-refractivity contribution >= 4 is 33.9 Å². The summed E-state index contributed by atoms with van der Waals surface area (Å²) in [5, 5.41) is 13.3. The number of carbonyl (C=O) groups is 2. The number of anilines is 1. The van der Waals surface area contributed by atoms with Gasteiger partial charge in [-0.1, -0.05) is 42.5 Å². The van der Waals surface area contributed by atoms with E-state index in [0.717, 1.165) is 21.9 Å². The molecule has 1 N–H and O–H groups in total. The summed E-state index contributed by atoms with van der Waals surface area (Å²) in [5.74, 6) is -0.973. The number of ether oxygens (including phenoxy) is 1. The molecule has 1 amide bonds. The lowest BCUT2D eigenvalue weighted by Gasteiger charge is -2.26. The third-order valence-electron chi connectivity index (χ3n) is 6.47. The number of pyridine rings is 1. The molecule has 1 fully saturated rings. The number of aliphatic hydroxyl groups is 1. The Kier molecular flexibility index (Phi) is 5.57. The van der Waals surface area contributed by atoms with E-state index in [0.29, 0.717) is 22.6 Å². The Morgan fingerprint density at radius 2 is 1.74 bits per heavy atom. The van der Waals surface area contributed by atoms with Gasteiger partial charge in [0.15, 0.2) is 0 Å². The van der Waals surface area contributed by atoms with Gasteiger partial charge in [-0.05, 0) is 60.2 Å². The molecule has 5 rings (SSSR count). The van der Waals surface area contributed by atoms with Crippen LogP contribution in [-0.2, 0) is 9.59 Å². The number of aliphatic hydroxyl groups excluding tert-OH is 1. The summed E-state index contributed by atoms with van der Waals surface area (Å²) in [6, 6.07) is 19.6. The van der Waals surface area contributed by atoms with E-state index in [2.05, 4.69) is 4.98 Å². The summed E-state index contributed by atoms with van der Waals surface area (Å²) < 4.78 is 5.40. The lowest BCUT2D eigenvalue weighted by Crippen LogP contribution is -2.29. The van der Waals surface area contributed by atoms with Crippen molar-refractivity contribution in [3.8, 4) is 5.75 Å². The maximum absolute atomic E-state index is 13.5. The molecule has 1 aliphatic rings. The van der Waals surface area contributed by atoms with Crippen LogP contribution in [0.1, 0.15) is 28.3 Å². The van der Waals surface area contributed by atoms with Gasteiger partial charge in [-0.2, -0.15) is 0 Å². The van der Waals surface area contributed by atoms with Crippen LogP contribution < -0.4 is 9.64 Å². The monoisotopic (exact) mass is 464 g/mol. The van der Waals surface area contributed by atoms with Gasteiger partial charge in [-0.25, -0.2) is 0 Å². The minimum atomic E-state index is -0.837. The van der Waals surface area contributed by atoms with Crippen LogP contribution in [0.25, 0.3) is 16.5 Å². The molecule has 1 aliphatic heterocycles. The van der Waals surface area contributed by atoms with E-state index < -0.39 is 17.7 Å². The zero-order chi connectivity index (χ0) is 24.7. The molecule has 6 nitrogen and oxygen atoms in total. The maximum atomic E-state index is 13.5. The maximum Gasteiger partial charge on any atom is 0.300 e. The molecule has 3 aromatic carbocycles. The minimum absolute atomic E-state index is 0.0311. The fraction of sp³-hybridized carbons (Fsp3) is 0.138. The molecule has 0 bridgehead atoms. The zero-order valence-corrected chi connectivity index (χ0v) is 19.6. The Labute approximate surface area is 203 Å². The first-order chi connectivity index (χ1) is 16.9. The number of carbonyl (C=O) groups excluding carboxylic acids is 2. The van der Waals surface area contributed by atoms with Crippen LogP contribution >= 0.6 is 0 Å². The minimum Gasteiger partial charge on any atom is -0.507 e. The second kappa shape index (κ2) is 8.72. The first kappa shape index (κ1) is 22.3. The molecule has 0 aliphatic carbocycles. The number of aromatic nitrogens is 1. The van der Waals surface area contributed by atoms with Gasteiger partial charge in [0.2, 0.25) is 0 Å². The van der Waals surface area contributed by atoms with Gasteiger partial charge in [-0.15, -0.1) is 0 Å². The molecule has 174 valence electrons. The Balaban J connectivity index is 1.78. The average Bonchev–Trinajstić information content (AvgIpc) is 3.15. The van der Waals surface area contributed by atoms with Crippen LogP contribution in [0.5, 0.6) is 5.75 Å². The topological polar surface area (TPSA) is 79.7 Å². The van der Waals surface area contributed by atoms with Crippen LogP contribution in [0.3, 0.4) is 0 Å². The number of aryl methyl sites for hydroxylation is 2. The highest BCUT2D eigenvalue weighted by Gasteiger charge is 2.47. The van der Waals surface area contributed by atoms with Gasteiger partial charge in [0.05, 0.1) is 24.4 Å². The zero-order valence-electron chi connectivity index (χ0n) is 19.6. The molecule has 1 saturated heterocycles. The van der Waals surface area contributed by atoms with Crippen LogP contribution in [-0.4, -0.2) is 28.9 Å². The molecule has 0 saturated carbocycles. The van der Waals surface area contributed by atoms with Crippen LogP contribution in [0, 0.1) is 13.8 Å². The van der Waals surface area contributed by atoms with E-state index >= 15 is 0 Å². The summed E-state index contributed by atoms with van der Waals surface area (Å²) in [4.78, 5) is 32.7. The molecule has 2 heterocycles. The van der Waals surface area contributed by atoms with Crippen molar-refractivity contribution in [3.63, 3.8) is 0 Å². The molecule has 6 heteroatoms. The fourth-order valence-corrected chi connectivity index (χ4v) is 4.76. The molecule has 1 atom stereocenters. The lowest BCUT2D eigenvalue weighted by molar-refractivity contribution is -0.132. The summed E-state index contributed by atoms with van der Waals surface area (Å²) in [7, 11) is 1.58. The molecule has 4 aromatic rings. The molecule has 1 unspecified atom stereocenters. The lowest BCUT2D eigenvalue weighted by atomic mass is 9.93. The Morgan fingerprint density at radius 3 is 2.49 bits per heavy atom. The number of rotatable bonds is 4. The first-order valence-corrected chi connectivity index (χ1v) is 11.3. The highest BCUT2D eigenvalue weighted by Crippen LogP contribution is 2.44. The van der Waals surface area contributed by atoms with Gasteiger partial charge in [-0.3, -0.25) is 19.5 Å². The molecule has 0 radical (unpaired) electrons. The van der Waals surface area contributed by atoms with Gasteiger partial charge in [0, 0.05) is 23.3 Å². The second-order valence-corrected chi connectivity index (χ2v) is 8.59. The molecule has 35 heavy (non-hydrogen) atoms. The van der Waals surface area contributed by atoms with Crippen molar-refractivity contribution in [1.82, 2.24) is 4.98 Å². The summed E-state index contributed by atoms with van der Waals surface area (Å²) in [6.07, 6.45) is 3.25. The van der Waals surface area contributed by atoms with Crippen molar-refractivity contribution in [2.24, 2.45) is 0 Å². The Hall–Kier alpha value is -4.45. The number of nitrogens with zero attached hydrogens (tertiary/aromatic N) is 2. The van der Waals surface area contributed by atoms with E-state index in [1.54, 1.807) is 37.7 Å². The third-order valence-corrected chi connectivity index (χ3v) is 6.47. The fourth-order valence-electron chi connectivity index (χ4n) is 4.76. The number of ketones is 1. The number of methoxy groups -OCH3 is 1. The number of hydrogen-bond donors (Lipinski definition) is 1. The predicted octanol–water partition coefficient (Wildman–Crippen LogP) is 5.49. The first-order valence-electron chi connectivity index (χ1n) is 11.3. The number of fused-ring (bicyclic) bond motifs is 1. The molecule has 0 spiro atoms. The van der Waals surface area contributed by atoms with Crippen molar-refractivity contribution in [1.29, 1.82) is 0 Å². The van der Waals surface area contributed by atoms with Crippen LogP contribution in [0.4, 0.5) is 5.69 Å². The molecule has 1 aromatic heterocycles. The van der Waals surface area contributed by atoms with Crippen molar-refractivity contribution in [2.45, 2.75) is 19.9 Å². The van der Waals surface area contributed by atoms with E-state index in [1.807, 2.05) is 62.4 Å².